The molecule has 0 bridgehead atoms. The van der Waals surface area contributed by atoms with E-state index >= 15 is 0 Å². The first-order chi connectivity index (χ1) is 11.9. The van der Waals surface area contributed by atoms with Gasteiger partial charge in [-0.15, -0.1) is 0 Å². The maximum atomic E-state index is 12.8. The second-order valence-corrected chi connectivity index (χ2v) is 9.11. The van der Waals surface area contributed by atoms with Crippen LogP contribution >= 0.6 is 11.8 Å². The van der Waals surface area contributed by atoms with Gasteiger partial charge >= 0.3 is 0 Å². The third-order valence-electron chi connectivity index (χ3n) is 3.95. The SMILES string of the molecule is C[C@H]1CN(S(=O)(=O)c2ccc(C(=O)NC3=NCCS3)cc2)C[C@H](C)O1. The summed E-state index contributed by atoms with van der Waals surface area (Å²) in [6.45, 7) is 5.07. The van der Waals surface area contributed by atoms with Crippen LogP contribution in [0.1, 0.15) is 24.2 Å². The summed E-state index contributed by atoms with van der Waals surface area (Å²) in [4.78, 5) is 16.5. The van der Waals surface area contributed by atoms with E-state index in [4.69, 9.17) is 4.74 Å². The fourth-order valence-corrected chi connectivity index (χ4v) is 5.15. The molecule has 2 aliphatic heterocycles. The minimum atomic E-state index is -3.60. The van der Waals surface area contributed by atoms with E-state index in [1.54, 1.807) is 0 Å². The van der Waals surface area contributed by atoms with E-state index in [-0.39, 0.29) is 23.0 Å². The number of amidine groups is 1. The zero-order valence-corrected chi connectivity index (χ0v) is 15.8. The molecule has 3 rings (SSSR count). The Morgan fingerprint density at radius 1 is 1.24 bits per heavy atom. The molecule has 0 saturated carbocycles. The van der Waals surface area contributed by atoms with Gasteiger partial charge in [0.05, 0.1) is 23.6 Å². The van der Waals surface area contributed by atoms with Crippen LogP contribution in [-0.4, -0.2) is 61.4 Å². The summed E-state index contributed by atoms with van der Waals surface area (Å²) in [5.41, 5.74) is 0.401. The Labute approximate surface area is 151 Å². The van der Waals surface area contributed by atoms with Crippen molar-refractivity contribution in [1.82, 2.24) is 9.62 Å². The Bertz CT molecular complexity index is 767. The number of carbonyl (C=O) groups is 1. The van der Waals surface area contributed by atoms with Gasteiger partial charge in [0.2, 0.25) is 10.0 Å². The van der Waals surface area contributed by atoms with Crippen molar-refractivity contribution in [3.8, 4) is 0 Å². The predicted octanol–water partition coefficient (Wildman–Crippen LogP) is 1.32. The minimum Gasteiger partial charge on any atom is -0.373 e. The van der Waals surface area contributed by atoms with Crippen molar-refractivity contribution in [2.45, 2.75) is 31.0 Å². The zero-order valence-electron chi connectivity index (χ0n) is 14.1. The van der Waals surface area contributed by atoms with Crippen molar-refractivity contribution >= 4 is 32.9 Å². The molecule has 1 fully saturated rings. The van der Waals surface area contributed by atoms with Crippen LogP contribution in [-0.2, 0) is 14.8 Å². The first kappa shape index (κ1) is 18.4. The highest BCUT2D eigenvalue weighted by Gasteiger charge is 2.32. The molecule has 1 saturated heterocycles. The van der Waals surface area contributed by atoms with Gasteiger partial charge in [-0.25, -0.2) is 8.42 Å². The summed E-state index contributed by atoms with van der Waals surface area (Å²) in [6.07, 6.45) is -0.290. The number of rotatable bonds is 3. The number of thioether (sulfide) groups is 1. The largest absolute Gasteiger partial charge is 0.373 e. The highest BCUT2D eigenvalue weighted by Crippen LogP contribution is 2.21. The van der Waals surface area contributed by atoms with Crippen LogP contribution in [0.15, 0.2) is 34.2 Å². The predicted molar refractivity (Wildman–Crippen MR) is 97.4 cm³/mol. The number of hydrogen-bond acceptors (Lipinski definition) is 6. The van der Waals surface area contributed by atoms with Crippen LogP contribution in [0, 0.1) is 0 Å². The third-order valence-corrected chi connectivity index (χ3v) is 6.68. The highest BCUT2D eigenvalue weighted by molar-refractivity contribution is 8.14. The van der Waals surface area contributed by atoms with E-state index in [9.17, 15) is 13.2 Å². The van der Waals surface area contributed by atoms with E-state index in [1.807, 2.05) is 13.8 Å². The van der Waals surface area contributed by atoms with Gasteiger partial charge in [0.1, 0.15) is 0 Å². The third kappa shape index (κ3) is 4.22. The Morgan fingerprint density at radius 2 is 1.88 bits per heavy atom. The van der Waals surface area contributed by atoms with Crippen LogP contribution in [0.4, 0.5) is 0 Å². The van der Waals surface area contributed by atoms with Gasteiger partial charge in [-0.05, 0) is 38.1 Å². The first-order valence-electron chi connectivity index (χ1n) is 8.10. The van der Waals surface area contributed by atoms with Crippen molar-refractivity contribution in [1.29, 1.82) is 0 Å². The molecule has 1 amide bonds. The number of hydrogen-bond donors (Lipinski definition) is 1. The molecule has 0 aliphatic carbocycles. The summed E-state index contributed by atoms with van der Waals surface area (Å²) in [7, 11) is -3.60. The summed E-state index contributed by atoms with van der Waals surface area (Å²) in [5, 5.41) is 3.34. The average Bonchev–Trinajstić information content (AvgIpc) is 3.07. The average molecular weight is 383 g/mol. The monoisotopic (exact) mass is 383 g/mol. The molecule has 2 aliphatic rings. The minimum absolute atomic E-state index is 0.145. The molecular formula is C16H21N3O4S2. The number of nitrogens with one attached hydrogen (secondary N) is 1. The second kappa shape index (κ2) is 7.45. The molecule has 1 aromatic carbocycles. The van der Waals surface area contributed by atoms with Crippen molar-refractivity contribution < 1.29 is 17.9 Å². The van der Waals surface area contributed by atoms with Gasteiger partial charge in [-0.1, -0.05) is 11.8 Å². The highest BCUT2D eigenvalue weighted by atomic mass is 32.2. The van der Waals surface area contributed by atoms with E-state index in [0.29, 0.717) is 30.4 Å². The fraction of sp³-hybridized carbons (Fsp3) is 0.500. The number of ether oxygens (including phenoxy) is 1. The lowest BCUT2D eigenvalue weighted by Crippen LogP contribution is -2.48. The van der Waals surface area contributed by atoms with Gasteiger partial charge < -0.3 is 10.1 Å². The molecule has 2 heterocycles. The summed E-state index contributed by atoms with van der Waals surface area (Å²) in [6, 6.07) is 5.99. The van der Waals surface area contributed by atoms with Crippen molar-refractivity contribution in [3.05, 3.63) is 29.8 Å². The maximum Gasteiger partial charge on any atom is 0.257 e. The molecule has 1 aromatic rings. The molecule has 9 heteroatoms. The Kier molecular flexibility index (Phi) is 5.47. The van der Waals surface area contributed by atoms with Crippen molar-refractivity contribution in [2.24, 2.45) is 4.99 Å². The Hall–Kier alpha value is -1.42. The summed E-state index contributed by atoms with van der Waals surface area (Å²) >= 11 is 1.50. The van der Waals surface area contributed by atoms with Gasteiger partial charge in [0.15, 0.2) is 5.17 Å². The Balaban J connectivity index is 1.73. The number of aliphatic imine (C=N–C) groups is 1. The van der Waals surface area contributed by atoms with Crippen LogP contribution in [0.5, 0.6) is 0 Å². The van der Waals surface area contributed by atoms with Crippen molar-refractivity contribution in [2.75, 3.05) is 25.4 Å². The molecule has 25 heavy (non-hydrogen) atoms. The van der Waals surface area contributed by atoms with Gasteiger partial charge in [-0.3, -0.25) is 9.79 Å². The lowest BCUT2D eigenvalue weighted by molar-refractivity contribution is -0.0440. The van der Waals surface area contributed by atoms with Crippen LogP contribution in [0.25, 0.3) is 0 Å². The molecular weight excluding hydrogens is 362 g/mol. The topological polar surface area (TPSA) is 88.1 Å². The number of nitrogens with zero attached hydrogens (tertiary/aromatic N) is 2. The zero-order chi connectivity index (χ0) is 18.0. The van der Waals surface area contributed by atoms with E-state index in [2.05, 4.69) is 10.3 Å². The van der Waals surface area contributed by atoms with Gasteiger partial charge in [0, 0.05) is 24.4 Å². The molecule has 0 unspecified atom stereocenters. The first-order valence-corrected chi connectivity index (χ1v) is 10.5. The summed E-state index contributed by atoms with van der Waals surface area (Å²) < 4.78 is 32.6. The number of benzene rings is 1. The van der Waals surface area contributed by atoms with Gasteiger partial charge in [0.25, 0.3) is 5.91 Å². The van der Waals surface area contributed by atoms with E-state index < -0.39 is 10.0 Å². The van der Waals surface area contributed by atoms with E-state index in [0.717, 1.165) is 5.75 Å². The van der Waals surface area contributed by atoms with Crippen LogP contribution < -0.4 is 5.32 Å². The fourth-order valence-electron chi connectivity index (χ4n) is 2.83. The lowest BCUT2D eigenvalue weighted by Gasteiger charge is -2.34. The maximum absolute atomic E-state index is 12.8. The molecule has 0 radical (unpaired) electrons. The van der Waals surface area contributed by atoms with Crippen molar-refractivity contribution in [3.63, 3.8) is 0 Å². The second-order valence-electron chi connectivity index (χ2n) is 6.09. The molecule has 1 N–H and O–H groups in total. The van der Waals surface area contributed by atoms with Gasteiger partial charge in [-0.2, -0.15) is 4.31 Å². The number of carbonyl (C=O) groups excluding carboxylic acids is 1. The molecule has 0 aromatic heterocycles. The molecule has 2 atom stereocenters. The smallest absolute Gasteiger partial charge is 0.257 e. The number of morpholine rings is 1. The normalized spacial score (nSPS) is 24.8. The van der Waals surface area contributed by atoms with Crippen LogP contribution in [0.3, 0.4) is 0 Å². The Morgan fingerprint density at radius 3 is 2.44 bits per heavy atom. The lowest BCUT2D eigenvalue weighted by atomic mass is 10.2. The molecule has 0 spiro atoms. The number of sulfonamides is 1. The van der Waals surface area contributed by atoms with Crippen LogP contribution in [0.2, 0.25) is 0 Å². The summed E-state index contributed by atoms with van der Waals surface area (Å²) in [5.74, 6) is 0.578. The molecule has 136 valence electrons. The standard InChI is InChI=1S/C16H21N3O4S2/c1-11-9-19(10-12(2)23-11)25(21,22)14-5-3-13(4-6-14)15(20)18-16-17-7-8-24-16/h3-6,11-12H,7-10H2,1-2H3,(H,17,18,20)/t11-,12-/m0/s1. The molecule has 7 nitrogen and oxygen atoms in total. The van der Waals surface area contributed by atoms with E-state index in [1.165, 1.54) is 40.3 Å². The number of amides is 1. The quantitative estimate of drug-likeness (QED) is 0.850.